The number of carbonyl (C=O) groups excluding carboxylic acids is 2. The van der Waals surface area contributed by atoms with E-state index in [4.69, 9.17) is 26.3 Å². The van der Waals surface area contributed by atoms with E-state index in [2.05, 4.69) is 34.0 Å². The molecule has 2 atom stereocenters. The lowest BCUT2D eigenvalue weighted by Crippen LogP contribution is -2.45. The number of pyridine rings is 4. The lowest BCUT2D eigenvalue weighted by atomic mass is 10.1. The number of carbonyl (C=O) groups is 2. The Morgan fingerprint density at radius 3 is 2.55 bits per heavy atom. The quantitative estimate of drug-likeness (QED) is 0.363. The van der Waals surface area contributed by atoms with Gasteiger partial charge in [-0.3, -0.25) is 14.6 Å². The summed E-state index contributed by atoms with van der Waals surface area (Å²) in [6, 6.07) is 13.1. The maximum absolute atomic E-state index is 12.6. The summed E-state index contributed by atoms with van der Waals surface area (Å²) >= 11 is 6.00. The van der Waals surface area contributed by atoms with E-state index in [1.807, 2.05) is 36.4 Å². The minimum atomic E-state index is -0.430. The van der Waals surface area contributed by atoms with E-state index in [0.29, 0.717) is 5.69 Å². The van der Waals surface area contributed by atoms with Gasteiger partial charge in [0.05, 0.1) is 46.4 Å². The Bertz CT molecular complexity index is 1520. The molecular formula is C28H27ClN6O3. The minimum Gasteiger partial charge on any atom is -0.372 e. The van der Waals surface area contributed by atoms with Crippen LogP contribution in [0, 0.1) is 0 Å². The lowest BCUT2D eigenvalue weighted by Gasteiger charge is -2.36. The molecule has 1 amide bonds. The van der Waals surface area contributed by atoms with Crippen LogP contribution < -0.4 is 10.2 Å². The van der Waals surface area contributed by atoms with Crippen molar-refractivity contribution in [3.8, 4) is 11.4 Å². The number of anilines is 1. The van der Waals surface area contributed by atoms with Gasteiger partial charge in [0.2, 0.25) is 0 Å². The average Bonchev–Trinajstić information content (AvgIpc) is 2.91. The molecule has 4 aromatic heterocycles. The fourth-order valence-corrected chi connectivity index (χ4v) is 4.73. The summed E-state index contributed by atoms with van der Waals surface area (Å²) in [7, 11) is 0. The normalized spacial score (nSPS) is 17.4. The van der Waals surface area contributed by atoms with Gasteiger partial charge in [-0.2, -0.15) is 0 Å². The SMILES string of the molecule is CC(=O)c1cc(C(=O)NCc2cc3nc(-c4cccc(N5C[C@@H](C)O[C@@H](C)C5)n4)ccc3cn2)ncc1Cl. The van der Waals surface area contributed by atoms with Crippen molar-refractivity contribution >= 4 is 40.0 Å². The van der Waals surface area contributed by atoms with Crippen molar-refractivity contribution < 1.29 is 14.3 Å². The van der Waals surface area contributed by atoms with Gasteiger partial charge in [0.1, 0.15) is 11.5 Å². The first-order valence-corrected chi connectivity index (χ1v) is 12.7. The van der Waals surface area contributed by atoms with E-state index < -0.39 is 5.91 Å². The van der Waals surface area contributed by atoms with Crippen LogP contribution >= 0.6 is 11.6 Å². The summed E-state index contributed by atoms with van der Waals surface area (Å²) in [4.78, 5) is 44.8. The van der Waals surface area contributed by atoms with E-state index in [1.54, 1.807) is 6.20 Å². The number of ether oxygens (including phenoxy) is 1. The number of hydrogen-bond donors (Lipinski definition) is 1. The molecule has 0 radical (unpaired) electrons. The fourth-order valence-electron chi connectivity index (χ4n) is 4.50. The third kappa shape index (κ3) is 5.64. The Balaban J connectivity index is 1.34. The molecule has 1 aliphatic rings. The van der Waals surface area contributed by atoms with Crippen LogP contribution in [-0.2, 0) is 11.3 Å². The van der Waals surface area contributed by atoms with Crippen LogP contribution in [0.25, 0.3) is 22.3 Å². The molecule has 1 saturated heterocycles. The molecular weight excluding hydrogens is 504 g/mol. The summed E-state index contributed by atoms with van der Waals surface area (Å²) in [5.41, 5.74) is 3.26. The number of aromatic nitrogens is 4. The monoisotopic (exact) mass is 530 g/mol. The number of morpholine rings is 1. The Morgan fingerprint density at radius 2 is 1.79 bits per heavy atom. The first-order chi connectivity index (χ1) is 18.3. The zero-order valence-corrected chi connectivity index (χ0v) is 22.1. The van der Waals surface area contributed by atoms with Gasteiger partial charge in [-0.05, 0) is 57.2 Å². The number of Topliss-reactive ketones (excluding diaryl/α,β-unsaturated/α-hetero) is 1. The maximum atomic E-state index is 12.6. The van der Waals surface area contributed by atoms with Crippen LogP contribution in [0.5, 0.6) is 0 Å². The van der Waals surface area contributed by atoms with Crippen LogP contribution in [0.3, 0.4) is 0 Å². The van der Waals surface area contributed by atoms with E-state index in [9.17, 15) is 9.59 Å². The minimum absolute atomic E-state index is 0.107. The fraction of sp³-hybridized carbons (Fsp3) is 0.286. The predicted molar refractivity (Wildman–Crippen MR) is 145 cm³/mol. The molecule has 4 aromatic rings. The molecule has 1 N–H and O–H groups in total. The van der Waals surface area contributed by atoms with Gasteiger partial charge in [-0.1, -0.05) is 17.7 Å². The molecule has 0 spiro atoms. The third-order valence-corrected chi connectivity index (χ3v) is 6.57. The van der Waals surface area contributed by atoms with Crippen molar-refractivity contribution in [3.63, 3.8) is 0 Å². The first-order valence-electron chi connectivity index (χ1n) is 12.3. The molecule has 0 unspecified atom stereocenters. The first kappa shape index (κ1) is 25.7. The molecule has 0 bridgehead atoms. The average molecular weight is 531 g/mol. The van der Waals surface area contributed by atoms with Gasteiger partial charge in [-0.15, -0.1) is 0 Å². The molecule has 0 aliphatic carbocycles. The highest BCUT2D eigenvalue weighted by molar-refractivity contribution is 6.33. The Labute approximate surface area is 225 Å². The molecule has 9 nitrogen and oxygen atoms in total. The van der Waals surface area contributed by atoms with Crippen LogP contribution in [0.4, 0.5) is 5.82 Å². The van der Waals surface area contributed by atoms with Gasteiger partial charge < -0.3 is 15.0 Å². The number of rotatable bonds is 6. The number of nitrogens with zero attached hydrogens (tertiary/aromatic N) is 5. The van der Waals surface area contributed by atoms with Gasteiger partial charge in [0.25, 0.3) is 5.91 Å². The summed E-state index contributed by atoms with van der Waals surface area (Å²) in [5, 5.41) is 3.87. The molecule has 194 valence electrons. The molecule has 10 heteroatoms. The maximum Gasteiger partial charge on any atom is 0.270 e. The molecule has 1 aliphatic heterocycles. The Kier molecular flexibility index (Phi) is 7.31. The molecule has 38 heavy (non-hydrogen) atoms. The number of ketones is 1. The van der Waals surface area contributed by atoms with Crippen LogP contribution in [0.15, 0.2) is 54.9 Å². The number of hydrogen-bond acceptors (Lipinski definition) is 8. The molecule has 5 heterocycles. The van der Waals surface area contributed by atoms with E-state index >= 15 is 0 Å². The van der Waals surface area contributed by atoms with Crippen molar-refractivity contribution in [2.75, 3.05) is 18.0 Å². The second kappa shape index (κ2) is 10.8. The van der Waals surface area contributed by atoms with Crippen molar-refractivity contribution in [1.82, 2.24) is 25.3 Å². The van der Waals surface area contributed by atoms with Crippen LogP contribution in [-0.4, -0.2) is 56.9 Å². The van der Waals surface area contributed by atoms with Gasteiger partial charge in [0.15, 0.2) is 5.78 Å². The molecule has 0 aromatic carbocycles. The van der Waals surface area contributed by atoms with E-state index in [0.717, 1.165) is 41.2 Å². The van der Waals surface area contributed by atoms with Crippen LogP contribution in [0.2, 0.25) is 5.02 Å². The van der Waals surface area contributed by atoms with Gasteiger partial charge in [0, 0.05) is 36.4 Å². The smallest absolute Gasteiger partial charge is 0.270 e. The molecule has 5 rings (SSSR count). The van der Waals surface area contributed by atoms with E-state index in [-0.39, 0.29) is 40.8 Å². The topological polar surface area (TPSA) is 110 Å². The zero-order valence-electron chi connectivity index (χ0n) is 21.3. The van der Waals surface area contributed by atoms with E-state index in [1.165, 1.54) is 19.2 Å². The highest BCUT2D eigenvalue weighted by Gasteiger charge is 2.23. The third-order valence-electron chi connectivity index (χ3n) is 6.27. The Morgan fingerprint density at radius 1 is 1.03 bits per heavy atom. The number of nitrogens with one attached hydrogen (secondary N) is 1. The molecule has 1 fully saturated rings. The van der Waals surface area contributed by atoms with Crippen molar-refractivity contribution in [1.29, 1.82) is 0 Å². The molecule has 0 saturated carbocycles. The number of amides is 1. The Hall–Kier alpha value is -3.95. The summed E-state index contributed by atoms with van der Waals surface area (Å²) in [5.74, 6) is 0.229. The largest absolute Gasteiger partial charge is 0.372 e. The van der Waals surface area contributed by atoms with Crippen molar-refractivity contribution in [3.05, 3.63) is 76.8 Å². The lowest BCUT2D eigenvalue weighted by molar-refractivity contribution is -0.00545. The second-order valence-corrected chi connectivity index (χ2v) is 9.80. The van der Waals surface area contributed by atoms with Crippen LogP contribution in [0.1, 0.15) is 47.3 Å². The highest BCUT2D eigenvalue weighted by Crippen LogP contribution is 2.24. The standard InChI is InChI=1S/C28H27ClN6O3/c1-16-14-35(15-17(2)38-16)27-6-4-5-23(34-27)24-8-7-19-11-30-20(9-25(19)33-24)12-32-28(37)26-10-21(18(3)36)22(29)13-31-26/h4-11,13,16-17H,12,14-15H2,1-3H3,(H,32,37)/t16-,17+. The zero-order chi connectivity index (χ0) is 26.8. The van der Waals surface area contributed by atoms with Crippen molar-refractivity contribution in [2.45, 2.75) is 39.5 Å². The highest BCUT2D eigenvalue weighted by atomic mass is 35.5. The predicted octanol–water partition coefficient (Wildman–Crippen LogP) is 4.49. The van der Waals surface area contributed by atoms with Gasteiger partial charge >= 0.3 is 0 Å². The summed E-state index contributed by atoms with van der Waals surface area (Å²) < 4.78 is 5.85. The van der Waals surface area contributed by atoms with Gasteiger partial charge in [-0.25, -0.2) is 15.0 Å². The number of fused-ring (bicyclic) bond motifs is 1. The van der Waals surface area contributed by atoms with Crippen molar-refractivity contribution in [2.24, 2.45) is 0 Å². The number of halogens is 1. The summed E-state index contributed by atoms with van der Waals surface area (Å²) in [6.07, 6.45) is 3.31. The second-order valence-electron chi connectivity index (χ2n) is 9.40. The summed E-state index contributed by atoms with van der Waals surface area (Å²) in [6.45, 7) is 7.27.